The van der Waals surface area contributed by atoms with E-state index >= 15 is 0 Å². The Balaban J connectivity index is 3.61. The van der Waals surface area contributed by atoms with Crippen LogP contribution in [0.3, 0.4) is 0 Å². The highest BCUT2D eigenvalue weighted by molar-refractivity contribution is 5.81. The Labute approximate surface area is 174 Å². The van der Waals surface area contributed by atoms with E-state index in [0.29, 0.717) is 13.0 Å². The van der Waals surface area contributed by atoms with Gasteiger partial charge in [0.15, 0.2) is 0 Å². The lowest BCUT2D eigenvalue weighted by Crippen LogP contribution is -2.36. The van der Waals surface area contributed by atoms with Crippen LogP contribution in [0.5, 0.6) is 0 Å². The van der Waals surface area contributed by atoms with Crippen LogP contribution in [-0.4, -0.2) is 35.0 Å². The smallest absolute Gasteiger partial charge is 0.323 e. The first-order valence-electron chi connectivity index (χ1n) is 12.1. The molecule has 0 aliphatic rings. The van der Waals surface area contributed by atoms with E-state index in [-0.39, 0.29) is 12.5 Å². The highest BCUT2D eigenvalue weighted by Gasteiger charge is 2.15. The van der Waals surface area contributed by atoms with Crippen molar-refractivity contribution in [2.24, 2.45) is 0 Å². The van der Waals surface area contributed by atoms with E-state index in [0.717, 1.165) is 38.5 Å². The third-order valence-corrected chi connectivity index (χ3v) is 5.45. The first-order chi connectivity index (χ1) is 13.6. The molecule has 4 heteroatoms. The summed E-state index contributed by atoms with van der Waals surface area (Å²) in [6.45, 7) is 4.85. The average molecular weight is 398 g/mol. The number of carboxylic acid groups (broad SMARTS) is 1. The molecule has 0 heterocycles. The van der Waals surface area contributed by atoms with E-state index < -0.39 is 5.97 Å². The molecule has 1 amide bonds. The van der Waals surface area contributed by atoms with Gasteiger partial charge in [0.25, 0.3) is 0 Å². The minimum Gasteiger partial charge on any atom is -0.480 e. The maximum atomic E-state index is 12.3. The fourth-order valence-corrected chi connectivity index (χ4v) is 3.64. The summed E-state index contributed by atoms with van der Waals surface area (Å²) < 4.78 is 0. The van der Waals surface area contributed by atoms with Crippen molar-refractivity contribution in [1.29, 1.82) is 0 Å². The van der Waals surface area contributed by atoms with Gasteiger partial charge in [0, 0.05) is 13.0 Å². The number of amides is 1. The molecule has 0 unspecified atom stereocenters. The van der Waals surface area contributed by atoms with Crippen LogP contribution in [0.2, 0.25) is 0 Å². The van der Waals surface area contributed by atoms with Crippen molar-refractivity contribution in [3.63, 3.8) is 0 Å². The number of carbonyl (C=O) groups is 2. The van der Waals surface area contributed by atoms with Crippen LogP contribution in [-0.2, 0) is 9.59 Å². The van der Waals surface area contributed by atoms with E-state index in [1.807, 2.05) is 0 Å². The van der Waals surface area contributed by atoms with Crippen molar-refractivity contribution in [2.75, 3.05) is 13.1 Å². The molecule has 0 radical (unpaired) electrons. The Hall–Kier alpha value is -1.06. The number of unbranched alkanes of at least 4 members (excludes halogenated alkanes) is 15. The quantitative estimate of drug-likeness (QED) is 0.213. The summed E-state index contributed by atoms with van der Waals surface area (Å²) in [5.41, 5.74) is 0. The highest BCUT2D eigenvalue weighted by Crippen LogP contribution is 2.13. The number of rotatable bonds is 21. The number of hydrogen-bond acceptors (Lipinski definition) is 2. The summed E-state index contributed by atoms with van der Waals surface area (Å²) in [6.07, 6.45) is 21.5. The van der Waals surface area contributed by atoms with Gasteiger partial charge in [-0.15, -0.1) is 0 Å². The van der Waals surface area contributed by atoms with Gasteiger partial charge in [-0.25, -0.2) is 0 Å². The van der Waals surface area contributed by atoms with Gasteiger partial charge >= 0.3 is 5.97 Å². The molecule has 0 saturated heterocycles. The Bertz CT molecular complexity index is 371. The first-order valence-corrected chi connectivity index (χ1v) is 12.1. The molecule has 0 rings (SSSR count). The molecule has 28 heavy (non-hydrogen) atoms. The van der Waals surface area contributed by atoms with Gasteiger partial charge in [0.2, 0.25) is 5.91 Å². The summed E-state index contributed by atoms with van der Waals surface area (Å²) in [5.74, 6) is -0.892. The maximum Gasteiger partial charge on any atom is 0.323 e. The zero-order valence-electron chi connectivity index (χ0n) is 18.9. The lowest BCUT2D eigenvalue weighted by molar-refractivity contribution is -0.144. The average Bonchev–Trinajstić information content (AvgIpc) is 2.67. The van der Waals surface area contributed by atoms with Gasteiger partial charge in [-0.2, -0.15) is 0 Å². The fourth-order valence-electron chi connectivity index (χ4n) is 3.64. The van der Waals surface area contributed by atoms with E-state index in [1.54, 1.807) is 4.90 Å². The monoisotopic (exact) mass is 397 g/mol. The molecule has 1 N–H and O–H groups in total. The van der Waals surface area contributed by atoms with Crippen molar-refractivity contribution in [2.45, 2.75) is 129 Å². The molecule has 0 aromatic heterocycles. The molecule has 4 nitrogen and oxygen atoms in total. The largest absolute Gasteiger partial charge is 0.480 e. The molecular formula is C24H47NO3. The Morgan fingerprint density at radius 1 is 0.607 bits per heavy atom. The zero-order chi connectivity index (χ0) is 20.9. The standard InChI is InChI=1S/C24H47NO3/c1-3-5-7-9-10-11-12-13-14-15-16-17-18-20-23(26)25(22-24(27)28)21-19-8-6-4-2/h3-22H2,1-2H3,(H,27,28). The highest BCUT2D eigenvalue weighted by atomic mass is 16.4. The van der Waals surface area contributed by atoms with Gasteiger partial charge in [-0.1, -0.05) is 110 Å². The van der Waals surface area contributed by atoms with Crippen molar-refractivity contribution in [3.05, 3.63) is 0 Å². The summed E-state index contributed by atoms with van der Waals surface area (Å²) >= 11 is 0. The summed E-state index contributed by atoms with van der Waals surface area (Å²) in [4.78, 5) is 24.8. The Morgan fingerprint density at radius 2 is 1.00 bits per heavy atom. The molecule has 0 saturated carbocycles. The predicted molar refractivity (Wildman–Crippen MR) is 119 cm³/mol. The maximum absolute atomic E-state index is 12.3. The first kappa shape index (κ1) is 26.9. The number of nitrogens with zero attached hydrogens (tertiary/aromatic N) is 1. The fraction of sp³-hybridized carbons (Fsp3) is 0.917. The molecule has 0 aromatic rings. The molecule has 0 aliphatic carbocycles. The van der Waals surface area contributed by atoms with Crippen molar-refractivity contribution >= 4 is 11.9 Å². The summed E-state index contributed by atoms with van der Waals surface area (Å²) in [5, 5.41) is 9.03. The van der Waals surface area contributed by atoms with Gasteiger partial charge in [-0.3, -0.25) is 9.59 Å². The van der Waals surface area contributed by atoms with Crippen LogP contribution in [0.1, 0.15) is 129 Å². The van der Waals surface area contributed by atoms with Gasteiger partial charge in [0.05, 0.1) is 0 Å². The second-order valence-electron chi connectivity index (χ2n) is 8.26. The SMILES string of the molecule is CCCCCCCCCCCCCCCC(=O)N(CCCCCC)CC(=O)O. The molecular weight excluding hydrogens is 350 g/mol. The van der Waals surface area contributed by atoms with E-state index in [4.69, 9.17) is 5.11 Å². The van der Waals surface area contributed by atoms with Crippen LogP contribution >= 0.6 is 0 Å². The zero-order valence-corrected chi connectivity index (χ0v) is 18.9. The Morgan fingerprint density at radius 3 is 1.43 bits per heavy atom. The minimum atomic E-state index is -0.908. The van der Waals surface area contributed by atoms with Crippen LogP contribution in [0.25, 0.3) is 0 Å². The van der Waals surface area contributed by atoms with E-state index in [1.165, 1.54) is 70.6 Å². The number of aliphatic carboxylic acids is 1. The predicted octanol–water partition coefficient (Wildman–Crippen LogP) is 6.96. The number of carbonyl (C=O) groups excluding carboxylic acids is 1. The van der Waals surface area contributed by atoms with Crippen molar-refractivity contribution < 1.29 is 14.7 Å². The normalized spacial score (nSPS) is 10.9. The van der Waals surface area contributed by atoms with Crippen molar-refractivity contribution in [1.82, 2.24) is 4.90 Å². The second kappa shape index (κ2) is 20.7. The van der Waals surface area contributed by atoms with Crippen LogP contribution < -0.4 is 0 Å². The summed E-state index contributed by atoms with van der Waals surface area (Å²) in [7, 11) is 0. The van der Waals surface area contributed by atoms with Gasteiger partial charge < -0.3 is 10.0 Å². The van der Waals surface area contributed by atoms with E-state index in [9.17, 15) is 9.59 Å². The minimum absolute atomic E-state index is 0.0157. The van der Waals surface area contributed by atoms with Crippen LogP contribution in [0.15, 0.2) is 0 Å². The molecule has 0 fully saturated rings. The van der Waals surface area contributed by atoms with Crippen molar-refractivity contribution in [3.8, 4) is 0 Å². The lowest BCUT2D eigenvalue weighted by atomic mass is 10.0. The van der Waals surface area contributed by atoms with Crippen LogP contribution in [0.4, 0.5) is 0 Å². The summed E-state index contributed by atoms with van der Waals surface area (Å²) in [6, 6.07) is 0. The third kappa shape index (κ3) is 18.3. The molecule has 0 spiro atoms. The van der Waals surface area contributed by atoms with E-state index in [2.05, 4.69) is 13.8 Å². The Kier molecular flexibility index (Phi) is 19.9. The molecule has 0 aromatic carbocycles. The topological polar surface area (TPSA) is 57.6 Å². The molecule has 0 aliphatic heterocycles. The molecule has 0 atom stereocenters. The molecule has 166 valence electrons. The molecule has 0 bridgehead atoms. The number of carboxylic acids is 1. The third-order valence-electron chi connectivity index (χ3n) is 5.45. The number of hydrogen-bond donors (Lipinski definition) is 1. The van der Waals surface area contributed by atoms with Crippen LogP contribution in [0, 0.1) is 0 Å². The van der Waals surface area contributed by atoms with Gasteiger partial charge in [0.1, 0.15) is 6.54 Å². The van der Waals surface area contributed by atoms with Gasteiger partial charge in [-0.05, 0) is 12.8 Å². The lowest BCUT2D eigenvalue weighted by Gasteiger charge is -2.20. The second-order valence-corrected chi connectivity index (χ2v) is 8.26.